The molecule has 2 N–H and O–H groups in total. The smallest absolute Gasteiger partial charge is 0.315 e. The molecule has 3 aromatic rings. The third kappa shape index (κ3) is 5.53. The summed E-state index contributed by atoms with van der Waals surface area (Å²) in [6, 6.07) is 13.1. The first-order valence-corrected chi connectivity index (χ1v) is 8.74. The van der Waals surface area contributed by atoms with E-state index in [0.717, 1.165) is 29.4 Å². The number of amides is 2. The molecule has 0 aliphatic heterocycles. The maximum atomic E-state index is 11.9. The van der Waals surface area contributed by atoms with Crippen molar-refractivity contribution < 1.29 is 9.53 Å². The van der Waals surface area contributed by atoms with Crippen molar-refractivity contribution in [2.24, 2.45) is 0 Å². The fraction of sp³-hybridized carbons (Fsp3) is 0.263. The van der Waals surface area contributed by atoms with Crippen LogP contribution in [0.1, 0.15) is 24.0 Å². The summed E-state index contributed by atoms with van der Waals surface area (Å²) in [6.45, 7) is 3.94. The molecule has 8 heteroatoms. The summed E-state index contributed by atoms with van der Waals surface area (Å²) in [5, 5.41) is 13.4. The molecule has 0 saturated heterocycles. The first-order chi connectivity index (χ1) is 13.2. The summed E-state index contributed by atoms with van der Waals surface area (Å²) in [6.07, 6.45) is 3.39. The molecule has 140 valence electrons. The Morgan fingerprint density at radius 1 is 1.11 bits per heavy atom. The zero-order chi connectivity index (χ0) is 18.9. The van der Waals surface area contributed by atoms with Crippen LogP contribution in [0.15, 0.2) is 55.0 Å². The Morgan fingerprint density at radius 2 is 1.93 bits per heavy atom. The lowest BCUT2D eigenvalue weighted by Gasteiger charge is -2.09. The van der Waals surface area contributed by atoms with Gasteiger partial charge in [0, 0.05) is 19.3 Å². The highest BCUT2D eigenvalue weighted by atomic mass is 16.5. The summed E-state index contributed by atoms with van der Waals surface area (Å²) < 4.78 is 7.58. The Kier molecular flexibility index (Phi) is 6.35. The second kappa shape index (κ2) is 9.33. The zero-order valence-electron chi connectivity index (χ0n) is 15.1. The van der Waals surface area contributed by atoms with Crippen LogP contribution >= 0.6 is 0 Å². The average Bonchev–Trinajstić information content (AvgIpc) is 3.18. The van der Waals surface area contributed by atoms with E-state index in [1.54, 1.807) is 12.5 Å². The van der Waals surface area contributed by atoms with Crippen LogP contribution in [0.3, 0.4) is 0 Å². The molecule has 2 heterocycles. The van der Waals surface area contributed by atoms with Gasteiger partial charge >= 0.3 is 6.03 Å². The number of benzene rings is 1. The van der Waals surface area contributed by atoms with Crippen molar-refractivity contribution in [3.05, 3.63) is 72.1 Å². The molecule has 0 radical (unpaired) electrons. The van der Waals surface area contributed by atoms with E-state index in [1.807, 2.05) is 54.0 Å². The SMILES string of the molecule is CCn1cnnc1CNC(=O)NCc1ccc(OCc2ccccn2)cc1. The van der Waals surface area contributed by atoms with Gasteiger partial charge in [-0.3, -0.25) is 4.98 Å². The highest BCUT2D eigenvalue weighted by Gasteiger charge is 2.05. The van der Waals surface area contributed by atoms with Crippen molar-refractivity contribution >= 4 is 6.03 Å². The molecule has 0 fully saturated rings. The molecule has 0 bridgehead atoms. The molecule has 0 aliphatic carbocycles. The number of hydrogen-bond acceptors (Lipinski definition) is 5. The van der Waals surface area contributed by atoms with Gasteiger partial charge in [0.15, 0.2) is 5.82 Å². The predicted octanol–water partition coefficient (Wildman–Crippen LogP) is 2.27. The second-order valence-electron chi connectivity index (χ2n) is 5.82. The Balaban J connectivity index is 1.41. The largest absolute Gasteiger partial charge is 0.487 e. The van der Waals surface area contributed by atoms with Crippen LogP contribution in [0, 0.1) is 0 Å². The molecule has 3 rings (SSSR count). The van der Waals surface area contributed by atoms with Crippen LogP contribution in [0.4, 0.5) is 4.79 Å². The van der Waals surface area contributed by atoms with Crippen LogP contribution in [-0.2, 0) is 26.2 Å². The van der Waals surface area contributed by atoms with E-state index in [9.17, 15) is 4.79 Å². The normalized spacial score (nSPS) is 10.4. The summed E-state index contributed by atoms with van der Waals surface area (Å²) in [5.41, 5.74) is 1.85. The van der Waals surface area contributed by atoms with Crippen molar-refractivity contribution in [1.82, 2.24) is 30.4 Å². The Hall–Kier alpha value is -3.42. The third-order valence-electron chi connectivity index (χ3n) is 3.93. The number of aryl methyl sites for hydroxylation is 1. The van der Waals surface area contributed by atoms with Gasteiger partial charge in [-0.2, -0.15) is 0 Å². The molecule has 2 amide bonds. The number of carbonyl (C=O) groups excluding carboxylic acids is 1. The first-order valence-electron chi connectivity index (χ1n) is 8.74. The lowest BCUT2D eigenvalue weighted by Crippen LogP contribution is -2.35. The van der Waals surface area contributed by atoms with Gasteiger partial charge in [0.1, 0.15) is 18.7 Å². The Morgan fingerprint density at radius 3 is 2.67 bits per heavy atom. The number of carbonyl (C=O) groups is 1. The number of nitrogens with zero attached hydrogens (tertiary/aromatic N) is 4. The number of aromatic nitrogens is 4. The summed E-state index contributed by atoms with van der Waals surface area (Å²) in [5.74, 6) is 1.48. The molecule has 0 unspecified atom stereocenters. The lowest BCUT2D eigenvalue weighted by molar-refractivity contribution is 0.239. The monoisotopic (exact) mass is 366 g/mol. The highest BCUT2D eigenvalue weighted by molar-refractivity contribution is 5.73. The van der Waals surface area contributed by atoms with E-state index < -0.39 is 0 Å². The quantitative estimate of drug-likeness (QED) is 0.638. The molecular weight excluding hydrogens is 344 g/mol. The van der Waals surface area contributed by atoms with Crippen molar-refractivity contribution in [2.75, 3.05) is 0 Å². The van der Waals surface area contributed by atoms with E-state index in [2.05, 4.69) is 25.8 Å². The van der Waals surface area contributed by atoms with Gasteiger partial charge in [-0.25, -0.2) is 4.79 Å². The number of hydrogen-bond donors (Lipinski definition) is 2. The van der Waals surface area contributed by atoms with E-state index in [1.165, 1.54) is 0 Å². The molecule has 0 aliphatic rings. The third-order valence-corrected chi connectivity index (χ3v) is 3.93. The van der Waals surface area contributed by atoms with Gasteiger partial charge in [-0.15, -0.1) is 10.2 Å². The molecule has 0 saturated carbocycles. The maximum Gasteiger partial charge on any atom is 0.315 e. The van der Waals surface area contributed by atoms with Crippen LogP contribution in [0.5, 0.6) is 5.75 Å². The Labute approximate surface area is 157 Å². The van der Waals surface area contributed by atoms with Gasteiger partial charge in [-0.05, 0) is 36.8 Å². The fourth-order valence-corrected chi connectivity index (χ4v) is 2.43. The minimum absolute atomic E-state index is 0.254. The van der Waals surface area contributed by atoms with Crippen molar-refractivity contribution in [1.29, 1.82) is 0 Å². The molecule has 27 heavy (non-hydrogen) atoms. The number of nitrogens with one attached hydrogen (secondary N) is 2. The molecule has 0 spiro atoms. The standard InChI is InChI=1S/C19H22N6O2/c1-2-25-14-23-24-18(25)12-22-19(26)21-11-15-6-8-17(9-7-15)27-13-16-5-3-4-10-20-16/h3-10,14H,2,11-13H2,1H3,(H2,21,22,26). The van der Waals surface area contributed by atoms with Gasteiger partial charge in [-0.1, -0.05) is 18.2 Å². The second-order valence-corrected chi connectivity index (χ2v) is 5.82. The van der Waals surface area contributed by atoms with E-state index in [4.69, 9.17) is 4.74 Å². The Bertz CT molecular complexity index is 848. The van der Waals surface area contributed by atoms with Gasteiger partial charge in [0.2, 0.25) is 0 Å². The van der Waals surface area contributed by atoms with Crippen molar-refractivity contribution in [3.8, 4) is 5.75 Å². The van der Waals surface area contributed by atoms with Crippen molar-refractivity contribution in [2.45, 2.75) is 33.2 Å². The maximum absolute atomic E-state index is 11.9. The van der Waals surface area contributed by atoms with Crippen LogP contribution in [0.25, 0.3) is 0 Å². The molecule has 8 nitrogen and oxygen atoms in total. The average molecular weight is 366 g/mol. The number of pyridine rings is 1. The summed E-state index contributed by atoms with van der Waals surface area (Å²) in [7, 11) is 0. The molecule has 1 aromatic carbocycles. The summed E-state index contributed by atoms with van der Waals surface area (Å²) >= 11 is 0. The minimum atomic E-state index is -0.254. The fourth-order valence-electron chi connectivity index (χ4n) is 2.43. The molecule has 2 aromatic heterocycles. The van der Waals surface area contributed by atoms with E-state index in [-0.39, 0.29) is 6.03 Å². The molecular formula is C19H22N6O2. The first kappa shape index (κ1) is 18.4. The zero-order valence-corrected chi connectivity index (χ0v) is 15.1. The highest BCUT2D eigenvalue weighted by Crippen LogP contribution is 2.13. The summed E-state index contributed by atoms with van der Waals surface area (Å²) in [4.78, 5) is 16.1. The molecule has 0 atom stereocenters. The van der Waals surface area contributed by atoms with Gasteiger partial charge < -0.3 is 19.9 Å². The van der Waals surface area contributed by atoms with Crippen LogP contribution in [0.2, 0.25) is 0 Å². The van der Waals surface area contributed by atoms with Crippen molar-refractivity contribution in [3.63, 3.8) is 0 Å². The minimum Gasteiger partial charge on any atom is -0.487 e. The van der Waals surface area contributed by atoms with Gasteiger partial charge in [0.25, 0.3) is 0 Å². The van der Waals surface area contributed by atoms with Crippen LogP contribution in [-0.4, -0.2) is 25.8 Å². The van der Waals surface area contributed by atoms with Crippen LogP contribution < -0.4 is 15.4 Å². The van der Waals surface area contributed by atoms with E-state index in [0.29, 0.717) is 19.7 Å². The lowest BCUT2D eigenvalue weighted by atomic mass is 10.2. The number of ether oxygens (including phenoxy) is 1. The van der Waals surface area contributed by atoms with Gasteiger partial charge in [0.05, 0.1) is 12.2 Å². The van der Waals surface area contributed by atoms with E-state index >= 15 is 0 Å². The number of urea groups is 1. The topological polar surface area (TPSA) is 94.0 Å². The number of rotatable bonds is 8. The predicted molar refractivity (Wildman–Crippen MR) is 99.8 cm³/mol.